The second-order valence-corrected chi connectivity index (χ2v) is 3.13. The Hall–Kier alpha value is -2.95. The fourth-order valence-electron chi connectivity index (χ4n) is 1.35. The predicted molar refractivity (Wildman–Crippen MR) is 53.2 cm³/mol. The molecule has 1 N–H and O–H groups in total. The van der Waals surface area contributed by atoms with Gasteiger partial charge in [-0.05, 0) is 6.07 Å². The minimum atomic E-state index is -1.00. The summed E-state index contributed by atoms with van der Waals surface area (Å²) in [6.45, 7) is 0. The normalized spacial score (nSPS) is 10.1. The molecule has 2 aromatic rings. The molecule has 0 bridgehead atoms. The van der Waals surface area contributed by atoms with E-state index in [0.29, 0.717) is 0 Å². The molecule has 1 heterocycles. The van der Waals surface area contributed by atoms with Crippen molar-refractivity contribution in [2.75, 3.05) is 0 Å². The second kappa shape index (κ2) is 3.57. The molecule has 2 rings (SSSR count). The highest BCUT2D eigenvalue weighted by atomic mass is 16.6. The van der Waals surface area contributed by atoms with Gasteiger partial charge in [-0.2, -0.15) is 5.26 Å². The highest BCUT2D eigenvalue weighted by Gasteiger charge is 2.15. The quantitative estimate of drug-likeness (QED) is 0.532. The first-order valence-corrected chi connectivity index (χ1v) is 4.32. The average molecular weight is 231 g/mol. The van der Waals surface area contributed by atoms with E-state index < -0.39 is 22.0 Å². The third kappa shape index (κ3) is 1.65. The molecule has 0 aliphatic carbocycles. The van der Waals surface area contributed by atoms with E-state index in [9.17, 15) is 20.0 Å². The summed E-state index contributed by atoms with van der Waals surface area (Å²) in [6.07, 6.45) is 0. The summed E-state index contributed by atoms with van der Waals surface area (Å²) in [6, 6.07) is 3.72. The monoisotopic (exact) mass is 231 g/mol. The van der Waals surface area contributed by atoms with Crippen LogP contribution in [0.15, 0.2) is 16.9 Å². The lowest BCUT2D eigenvalue weighted by Crippen LogP contribution is -2.15. The van der Waals surface area contributed by atoms with Gasteiger partial charge in [0.2, 0.25) is 0 Å². The third-order valence-corrected chi connectivity index (χ3v) is 2.10. The molecular weight excluding hydrogens is 228 g/mol. The fourth-order valence-corrected chi connectivity index (χ4v) is 1.35. The number of hydrogen-bond acceptors (Lipinski definition) is 6. The Labute approximate surface area is 92.9 Å². The maximum atomic E-state index is 11.0. The van der Waals surface area contributed by atoms with Crippen LogP contribution >= 0.6 is 0 Å². The summed E-state index contributed by atoms with van der Waals surface area (Å²) in [7, 11) is 0. The summed E-state index contributed by atoms with van der Waals surface area (Å²) in [5.74, 6) is -1.00. The van der Waals surface area contributed by atoms with Crippen LogP contribution in [0.5, 0.6) is 5.88 Å². The molecule has 0 saturated heterocycles. The van der Waals surface area contributed by atoms with Gasteiger partial charge < -0.3 is 10.1 Å². The van der Waals surface area contributed by atoms with Gasteiger partial charge in [-0.3, -0.25) is 19.9 Å². The van der Waals surface area contributed by atoms with E-state index in [1.54, 1.807) is 6.07 Å². The van der Waals surface area contributed by atoms with Crippen molar-refractivity contribution in [2.24, 2.45) is 0 Å². The first-order valence-electron chi connectivity index (χ1n) is 4.32. The van der Waals surface area contributed by atoms with Crippen molar-refractivity contribution in [1.82, 2.24) is 9.97 Å². The van der Waals surface area contributed by atoms with Gasteiger partial charge in [0.25, 0.3) is 11.2 Å². The van der Waals surface area contributed by atoms with E-state index in [4.69, 9.17) is 5.26 Å². The first kappa shape index (κ1) is 10.6. The zero-order chi connectivity index (χ0) is 12.6. The summed E-state index contributed by atoms with van der Waals surface area (Å²) in [4.78, 5) is 26.5. The van der Waals surface area contributed by atoms with E-state index >= 15 is 0 Å². The number of nitrogens with one attached hydrogen (secondary N) is 1. The van der Waals surface area contributed by atoms with Crippen molar-refractivity contribution in [1.29, 1.82) is 5.26 Å². The van der Waals surface area contributed by atoms with E-state index in [0.717, 1.165) is 12.1 Å². The lowest BCUT2D eigenvalue weighted by atomic mass is 10.1. The molecule has 1 aromatic heterocycles. The Bertz CT molecular complexity index is 728. The second-order valence-electron chi connectivity index (χ2n) is 3.13. The first-order chi connectivity index (χ1) is 8.02. The molecule has 8 heteroatoms. The molecule has 84 valence electrons. The lowest BCUT2D eigenvalue weighted by Gasteiger charge is -2.04. The Morgan fingerprint density at radius 2 is 2.18 bits per heavy atom. The van der Waals surface area contributed by atoms with Gasteiger partial charge in [0.15, 0.2) is 0 Å². The lowest BCUT2D eigenvalue weighted by molar-refractivity contribution is -0.385. The largest absolute Gasteiger partial charge is 0.855 e. The summed E-state index contributed by atoms with van der Waals surface area (Å²) >= 11 is 0. The van der Waals surface area contributed by atoms with E-state index in [1.807, 2.05) is 0 Å². The Kier molecular flexibility index (Phi) is 2.22. The van der Waals surface area contributed by atoms with Crippen LogP contribution in [-0.2, 0) is 0 Å². The molecule has 0 spiro atoms. The average Bonchev–Trinajstić information content (AvgIpc) is 2.29. The molecular formula is C9H3N4O4-. The number of aromatic amines is 1. The number of hydrogen-bond donors (Lipinski definition) is 1. The smallest absolute Gasteiger partial charge is 0.289 e. The van der Waals surface area contributed by atoms with E-state index in [-0.39, 0.29) is 16.6 Å². The molecule has 1 aromatic carbocycles. The van der Waals surface area contributed by atoms with Crippen LogP contribution in [0.1, 0.15) is 5.56 Å². The molecule has 0 aliphatic heterocycles. The zero-order valence-electron chi connectivity index (χ0n) is 8.13. The fraction of sp³-hybridized carbons (Fsp3) is 0. The van der Waals surface area contributed by atoms with Gasteiger partial charge in [-0.1, -0.05) is 0 Å². The van der Waals surface area contributed by atoms with Crippen molar-refractivity contribution >= 4 is 16.7 Å². The number of benzene rings is 1. The van der Waals surface area contributed by atoms with Gasteiger partial charge in [-0.15, -0.1) is 0 Å². The molecule has 0 saturated carbocycles. The van der Waals surface area contributed by atoms with Crippen LogP contribution in [0, 0.1) is 21.4 Å². The molecule has 0 atom stereocenters. The van der Waals surface area contributed by atoms with Crippen molar-refractivity contribution in [2.45, 2.75) is 0 Å². The number of nitriles is 1. The van der Waals surface area contributed by atoms with Crippen LogP contribution < -0.4 is 10.7 Å². The summed E-state index contributed by atoms with van der Waals surface area (Å²) in [5, 5.41) is 30.4. The molecule has 0 fully saturated rings. The standard InChI is InChI=1S/C9H4N4O4/c10-3-4-1-5-6(2-7(4)13(16)17)12-9(15)8(14)11-5/h1-2H,(H,11,14)(H,12,15)/p-1. The maximum absolute atomic E-state index is 11.0. The summed E-state index contributed by atoms with van der Waals surface area (Å²) in [5.41, 5.74) is -1.55. The van der Waals surface area contributed by atoms with Gasteiger partial charge in [0.05, 0.1) is 21.8 Å². The predicted octanol–water partition coefficient (Wildman–Crippen LogP) is -0.223. The Morgan fingerprint density at radius 1 is 1.47 bits per heavy atom. The number of rotatable bonds is 1. The number of H-pyrrole nitrogens is 1. The Balaban J connectivity index is 2.89. The van der Waals surface area contributed by atoms with Crippen LogP contribution in [0.25, 0.3) is 11.0 Å². The minimum absolute atomic E-state index is 0.0387. The molecule has 0 unspecified atom stereocenters. The molecule has 8 nitrogen and oxygen atoms in total. The SMILES string of the molecule is N#Cc1cc2nc([O-])c(=O)[nH]c2cc1[N+](=O)[O-]. The van der Waals surface area contributed by atoms with Crippen LogP contribution in [-0.4, -0.2) is 14.9 Å². The molecule has 0 amide bonds. The van der Waals surface area contributed by atoms with Crippen molar-refractivity contribution < 1.29 is 10.0 Å². The van der Waals surface area contributed by atoms with Crippen molar-refractivity contribution in [3.05, 3.63) is 38.2 Å². The van der Waals surface area contributed by atoms with Gasteiger partial charge >= 0.3 is 0 Å². The number of nitrogens with zero attached hydrogens (tertiary/aromatic N) is 3. The number of aromatic nitrogens is 2. The Morgan fingerprint density at radius 3 is 2.76 bits per heavy atom. The van der Waals surface area contributed by atoms with Crippen molar-refractivity contribution in [3.8, 4) is 11.9 Å². The number of nitro groups is 1. The minimum Gasteiger partial charge on any atom is -0.855 e. The third-order valence-electron chi connectivity index (χ3n) is 2.10. The number of fused-ring (bicyclic) bond motifs is 1. The van der Waals surface area contributed by atoms with Gasteiger partial charge in [0.1, 0.15) is 11.6 Å². The van der Waals surface area contributed by atoms with Crippen LogP contribution in [0.2, 0.25) is 0 Å². The maximum Gasteiger partial charge on any atom is 0.289 e. The van der Waals surface area contributed by atoms with Crippen LogP contribution in [0.3, 0.4) is 0 Å². The van der Waals surface area contributed by atoms with Crippen molar-refractivity contribution in [3.63, 3.8) is 0 Å². The molecule has 0 aliphatic rings. The highest BCUT2D eigenvalue weighted by molar-refractivity contribution is 5.80. The van der Waals surface area contributed by atoms with E-state index in [1.165, 1.54) is 0 Å². The van der Waals surface area contributed by atoms with Gasteiger partial charge in [-0.25, -0.2) is 0 Å². The molecule has 0 radical (unpaired) electrons. The van der Waals surface area contributed by atoms with Gasteiger partial charge in [0, 0.05) is 6.07 Å². The number of nitro benzene ring substituents is 1. The highest BCUT2D eigenvalue weighted by Crippen LogP contribution is 2.22. The summed E-state index contributed by atoms with van der Waals surface area (Å²) < 4.78 is 0. The topological polar surface area (TPSA) is 136 Å². The zero-order valence-corrected chi connectivity index (χ0v) is 8.13. The molecule has 17 heavy (non-hydrogen) atoms. The van der Waals surface area contributed by atoms with Crippen LogP contribution in [0.4, 0.5) is 5.69 Å². The van der Waals surface area contributed by atoms with E-state index in [2.05, 4.69) is 9.97 Å².